The normalized spacial score (nSPS) is 42.2. The monoisotopic (exact) mass is 1430 g/mol. The summed E-state index contributed by atoms with van der Waals surface area (Å²) in [5.41, 5.74) is 14.6. The van der Waals surface area contributed by atoms with E-state index in [4.69, 9.17) is 23.7 Å². The first-order valence-corrected chi connectivity index (χ1v) is 42.6. The first kappa shape index (κ1) is 66.5. The van der Waals surface area contributed by atoms with E-state index in [1.54, 1.807) is 11.1 Å². The number of pyridine rings is 3. The van der Waals surface area contributed by atoms with Crippen molar-refractivity contribution in [2.24, 2.45) is 44.8 Å². The van der Waals surface area contributed by atoms with Crippen molar-refractivity contribution < 1.29 is 28.5 Å². The third-order valence-corrected chi connectivity index (χ3v) is 34.6. The summed E-state index contributed by atoms with van der Waals surface area (Å²) >= 11 is 0. The number of Topliss-reactive ketones (excluding diaryl/α,β-unsaturated/α-hetero) is 1. The molecule has 0 N–H and O–H groups in total. The van der Waals surface area contributed by atoms with E-state index in [1.165, 1.54) is 226 Å². The fraction of sp³-hybridized carbons (Fsp3) is 0.583. The minimum Gasteiger partial charge on any atom is -0.380 e. The van der Waals surface area contributed by atoms with Gasteiger partial charge in [0.1, 0.15) is 5.78 Å². The van der Waals surface area contributed by atoms with Gasteiger partial charge in [-0.25, -0.2) is 0 Å². The minimum absolute atomic E-state index is 0.0168. The van der Waals surface area contributed by atoms with Gasteiger partial charge >= 0.3 is 0 Å². The summed E-state index contributed by atoms with van der Waals surface area (Å²) in [5, 5.41) is 7.62. The molecule has 0 amide bonds. The van der Waals surface area contributed by atoms with Crippen LogP contribution in [0.2, 0.25) is 0 Å². The molecule has 3 aromatic carbocycles. The maximum Gasteiger partial charge on any atom is 0.136 e. The molecule has 9 aliphatic carbocycles. The van der Waals surface area contributed by atoms with E-state index < -0.39 is 0 Å². The van der Waals surface area contributed by atoms with Gasteiger partial charge in [-0.2, -0.15) is 0 Å². The number of allylic oxidation sites excluding steroid dienone is 3. The quantitative estimate of drug-likeness (QED) is 0.165. The summed E-state index contributed by atoms with van der Waals surface area (Å²) in [7, 11) is 0. The second-order valence-corrected chi connectivity index (χ2v) is 39.5. The SMILES string of the molecule is C[C@]12CC=C3C=C4CCC(=O)C[C@]45CCC3(O5)[C@@H]1CCC2c1ccc2ccncc2c1.C[C@]12CC=C3C=C4CC[C@@H](N5CCC6(COC6)C5)C[C@]45CCC3(O5)[C@@H]1CCC2c1ccc2ccncc2c1.C[C@]12CC=C3C=C4CC[C@H](N5CCC6(COC6)C5)C[C@]45CCC3(O5)[C@@H]1CCC2c1ccc2ccncc2c1. The molecule has 6 unspecified atom stereocenters. The maximum absolute atomic E-state index is 12.4. The van der Waals surface area contributed by atoms with E-state index in [0.717, 1.165) is 52.1 Å². The van der Waals surface area contributed by atoms with Crippen molar-refractivity contribution in [3.63, 3.8) is 0 Å². The number of carbonyl (C=O) groups is 1. The summed E-state index contributed by atoms with van der Waals surface area (Å²) in [6.07, 6.45) is 57.3. The zero-order valence-corrected chi connectivity index (χ0v) is 63.7. The Morgan fingerprint density at radius 1 is 0.402 bits per heavy atom. The molecule has 107 heavy (non-hydrogen) atoms. The van der Waals surface area contributed by atoms with E-state index in [0.29, 0.717) is 77.0 Å². The fourth-order valence-electron chi connectivity index (χ4n) is 29.0. The van der Waals surface area contributed by atoms with Gasteiger partial charge < -0.3 is 23.7 Å². The third-order valence-electron chi connectivity index (χ3n) is 34.6. The Morgan fingerprint density at radius 2 is 0.785 bits per heavy atom. The van der Waals surface area contributed by atoms with Crippen LogP contribution in [0.5, 0.6) is 0 Å². The summed E-state index contributed by atoms with van der Waals surface area (Å²) in [6.45, 7) is 16.6. The largest absolute Gasteiger partial charge is 0.380 e. The average Bonchev–Trinajstić information content (AvgIpc) is 1.54. The van der Waals surface area contributed by atoms with Crippen molar-refractivity contribution in [3.05, 3.63) is 197 Å². The molecule has 554 valence electrons. The second-order valence-electron chi connectivity index (χ2n) is 39.5. The van der Waals surface area contributed by atoms with Gasteiger partial charge in [0.25, 0.3) is 0 Å². The molecular weight excluding hydrogens is 1320 g/mol. The second kappa shape index (κ2) is 23.4. The molecule has 11 nitrogen and oxygen atoms in total. The van der Waals surface area contributed by atoms with Crippen LogP contribution >= 0.6 is 0 Å². The number of nitrogens with zero attached hydrogens (tertiary/aromatic N) is 5. The topological polar surface area (TPSA) is 108 Å². The van der Waals surface area contributed by atoms with Crippen molar-refractivity contribution in [2.45, 2.75) is 251 Å². The number of rotatable bonds is 5. The van der Waals surface area contributed by atoms with Gasteiger partial charge in [-0.3, -0.25) is 29.5 Å². The molecule has 10 aliphatic heterocycles. The van der Waals surface area contributed by atoms with Gasteiger partial charge in [0, 0.05) is 102 Å². The first-order valence-electron chi connectivity index (χ1n) is 42.6. The Hall–Kier alpha value is -6.28. The number of carbonyl (C=O) groups excluding carboxylic acids is 1. The highest BCUT2D eigenvalue weighted by Crippen LogP contribution is 2.74. The van der Waals surface area contributed by atoms with Crippen molar-refractivity contribution in [1.82, 2.24) is 24.8 Å². The lowest BCUT2D eigenvalue weighted by Crippen LogP contribution is -2.55. The molecule has 13 heterocycles. The lowest BCUT2D eigenvalue weighted by atomic mass is 9.58. The van der Waals surface area contributed by atoms with Crippen LogP contribution in [-0.4, -0.2) is 129 Å². The Morgan fingerprint density at radius 3 is 1.17 bits per heavy atom. The van der Waals surface area contributed by atoms with Crippen LogP contribution in [-0.2, 0) is 28.5 Å². The molecule has 0 radical (unpaired) electrons. The van der Waals surface area contributed by atoms with Gasteiger partial charge in [0.15, 0.2) is 0 Å². The summed E-state index contributed by atoms with van der Waals surface area (Å²) in [4.78, 5) is 31.2. The molecule has 3 aromatic heterocycles. The van der Waals surface area contributed by atoms with Crippen LogP contribution in [0.15, 0.2) is 180 Å². The number of ether oxygens (including phenoxy) is 5. The molecule has 8 spiro atoms. The van der Waals surface area contributed by atoms with Crippen molar-refractivity contribution in [3.8, 4) is 0 Å². The fourth-order valence-corrected chi connectivity index (χ4v) is 29.0. The lowest BCUT2D eigenvalue weighted by Gasteiger charge is -2.55. The maximum atomic E-state index is 12.4. The van der Waals surface area contributed by atoms with Gasteiger partial charge in [0.2, 0.25) is 0 Å². The van der Waals surface area contributed by atoms with E-state index in [1.807, 2.05) is 37.2 Å². The molecule has 6 saturated carbocycles. The first-order chi connectivity index (χ1) is 52.0. The third kappa shape index (κ3) is 9.55. The Labute approximate surface area is 632 Å². The van der Waals surface area contributed by atoms with E-state index in [-0.39, 0.29) is 49.9 Å². The highest BCUT2D eigenvalue weighted by molar-refractivity contribution is 5.85. The summed E-state index contributed by atoms with van der Waals surface area (Å²) < 4.78 is 33.6. The van der Waals surface area contributed by atoms with Crippen LogP contribution in [0, 0.1) is 44.8 Å². The average molecular weight is 1430 g/mol. The van der Waals surface area contributed by atoms with E-state index >= 15 is 0 Å². The van der Waals surface area contributed by atoms with Crippen LogP contribution in [0.25, 0.3) is 32.3 Å². The number of ketones is 1. The standard InChI is InChI=1S/2C34H40N2O2.C28H29NO2/c2*1-31-10-8-27-17-26-4-5-28(36-15-13-32(20-36)21-37-22-32)18-33(26)11-12-34(27,38-33)30(31)7-6-29(31)24-3-2-23-9-14-35-19-25(23)16-24;1-26-10-8-22-15-21-4-5-23(30)16-27(21)11-12-28(22,31-27)25(26)7-6-24(26)19-3-2-18-9-13-29-17-20(18)14-19/h2*2-3,8-9,14,16-17,19,28-30H,4-7,10-13,15,18,20-22H2,1H3;2-3,8-9,13-15,17,24-25H,4-7,10-12,16H2,1H3/t28-,29?,30+,31+,33+,34?;28-,29?,30-,31-,33-,34?;24?,25-,26-,27-,28?/m011/s1. The molecule has 7 saturated heterocycles. The number of hydrogen-bond donors (Lipinski definition) is 0. The van der Waals surface area contributed by atoms with E-state index in [2.05, 4.69) is 155 Å². The predicted molar refractivity (Wildman–Crippen MR) is 419 cm³/mol. The number of likely N-dealkylation sites (tertiary alicyclic amines) is 2. The van der Waals surface area contributed by atoms with Crippen LogP contribution in [0.3, 0.4) is 0 Å². The molecule has 19 aliphatic rings. The van der Waals surface area contributed by atoms with Crippen molar-refractivity contribution >= 4 is 38.1 Å². The van der Waals surface area contributed by atoms with Crippen LogP contribution in [0.4, 0.5) is 0 Å². The van der Waals surface area contributed by atoms with Gasteiger partial charge in [0.05, 0.1) is 60.0 Å². The van der Waals surface area contributed by atoms with Gasteiger partial charge in [-0.05, 0) is 322 Å². The van der Waals surface area contributed by atoms with Crippen LogP contribution in [0.1, 0.15) is 222 Å². The Kier molecular flexibility index (Phi) is 14.6. The van der Waals surface area contributed by atoms with Crippen molar-refractivity contribution in [1.29, 1.82) is 0 Å². The van der Waals surface area contributed by atoms with Gasteiger partial charge in [-0.15, -0.1) is 0 Å². The Bertz CT molecular complexity index is 4730. The zero-order valence-electron chi connectivity index (χ0n) is 63.7. The molecule has 6 aromatic rings. The number of benzene rings is 3. The van der Waals surface area contributed by atoms with Crippen LogP contribution < -0.4 is 0 Å². The number of aromatic nitrogens is 3. The number of hydrogen-bond acceptors (Lipinski definition) is 11. The molecule has 11 heteroatoms. The highest BCUT2D eigenvalue weighted by atomic mass is 16.5. The Balaban J connectivity index is 0.0000000978. The number of fused-ring (bicyclic) bond motifs is 6. The predicted octanol–water partition coefficient (Wildman–Crippen LogP) is 19.2. The summed E-state index contributed by atoms with van der Waals surface area (Å²) in [6, 6.07) is 28.9. The van der Waals surface area contributed by atoms with Crippen molar-refractivity contribution in [2.75, 3.05) is 52.6 Å². The molecule has 6 bridgehead atoms. The minimum atomic E-state index is -0.294. The lowest BCUT2D eigenvalue weighted by molar-refractivity contribution is -0.146. The molecule has 13 fully saturated rings. The van der Waals surface area contributed by atoms with Gasteiger partial charge in [-0.1, -0.05) is 93.6 Å². The molecular formula is C96H109N5O6. The zero-order chi connectivity index (χ0) is 71.2. The molecule has 17 atom stereocenters. The van der Waals surface area contributed by atoms with E-state index in [9.17, 15) is 4.79 Å². The molecule has 25 rings (SSSR count). The summed E-state index contributed by atoms with van der Waals surface area (Å²) in [5.74, 6) is 3.80. The smallest absolute Gasteiger partial charge is 0.136 e. The highest BCUT2D eigenvalue weighted by Gasteiger charge is 2.71.